The maximum atomic E-state index is 13.7. The van der Waals surface area contributed by atoms with Crippen LogP contribution < -0.4 is 0 Å². The minimum atomic E-state index is -0.428. The number of carbonyl (C=O) groups excluding carboxylic acids is 1. The van der Waals surface area contributed by atoms with Crippen molar-refractivity contribution < 1.29 is 4.79 Å². The van der Waals surface area contributed by atoms with E-state index in [1.54, 1.807) is 6.20 Å². The second-order valence-corrected chi connectivity index (χ2v) is 8.71. The van der Waals surface area contributed by atoms with Gasteiger partial charge >= 0.3 is 0 Å². The van der Waals surface area contributed by atoms with Gasteiger partial charge in [0.1, 0.15) is 11.1 Å². The van der Waals surface area contributed by atoms with Crippen LogP contribution in [0.15, 0.2) is 96.3 Å². The number of carbonyl (C=O) groups is 1. The van der Waals surface area contributed by atoms with E-state index in [1.807, 2.05) is 84.4 Å². The van der Waals surface area contributed by atoms with E-state index < -0.39 is 5.25 Å². The van der Waals surface area contributed by atoms with Crippen molar-refractivity contribution in [3.05, 3.63) is 114 Å². The van der Waals surface area contributed by atoms with Crippen molar-refractivity contribution in [2.75, 3.05) is 0 Å². The molecule has 0 aliphatic carbocycles. The number of hydrogen-bond acceptors (Lipinski definition) is 4. The zero-order valence-corrected chi connectivity index (χ0v) is 18.4. The summed E-state index contributed by atoms with van der Waals surface area (Å²) in [4.78, 5) is 17.0. The van der Waals surface area contributed by atoms with Crippen LogP contribution in [0.25, 0.3) is 10.9 Å². The van der Waals surface area contributed by atoms with Gasteiger partial charge in [-0.15, -0.1) is 10.2 Å². The second kappa shape index (κ2) is 8.85. The lowest BCUT2D eigenvalue weighted by atomic mass is 10.0. The van der Waals surface area contributed by atoms with Gasteiger partial charge in [0.05, 0.1) is 0 Å². The minimum Gasteiger partial charge on any atom is -0.360 e. The largest absolute Gasteiger partial charge is 0.360 e. The number of fused-ring (bicyclic) bond motifs is 1. The summed E-state index contributed by atoms with van der Waals surface area (Å²) in [6.45, 7) is 0. The molecule has 1 N–H and O–H groups in total. The number of ketones is 1. The SMILES string of the molecule is Cn1c(Cc2ccccc2)nnc1SC(C(=O)c1c[nH]c2ccccc12)c1ccccc1. The molecule has 0 aliphatic rings. The van der Waals surface area contributed by atoms with E-state index in [4.69, 9.17) is 0 Å². The summed E-state index contributed by atoms with van der Waals surface area (Å²) in [5.74, 6) is 0.913. The van der Waals surface area contributed by atoms with Crippen LogP contribution in [0.3, 0.4) is 0 Å². The van der Waals surface area contributed by atoms with Gasteiger partial charge in [0.25, 0.3) is 0 Å². The molecule has 0 spiro atoms. The summed E-state index contributed by atoms with van der Waals surface area (Å²) in [6, 6.07) is 27.9. The van der Waals surface area contributed by atoms with Crippen molar-refractivity contribution in [1.82, 2.24) is 19.7 Å². The van der Waals surface area contributed by atoms with Gasteiger partial charge < -0.3 is 9.55 Å². The monoisotopic (exact) mass is 438 g/mol. The average molecular weight is 439 g/mol. The number of benzene rings is 3. The molecule has 1 unspecified atom stereocenters. The lowest BCUT2D eigenvalue weighted by Gasteiger charge is -2.15. The van der Waals surface area contributed by atoms with Crippen LogP contribution in [-0.4, -0.2) is 25.5 Å². The standard InChI is InChI=1S/C26H22N4OS/c1-30-23(16-18-10-4-2-5-11-18)28-29-26(30)32-25(19-12-6-3-7-13-19)24(31)21-17-27-22-15-9-8-14-20(21)22/h2-15,17,25,27H,16H2,1H3. The fourth-order valence-corrected chi connectivity index (χ4v) is 4.89. The third-order valence-corrected chi connectivity index (χ3v) is 6.84. The molecular weight excluding hydrogens is 416 g/mol. The Morgan fingerprint density at radius 2 is 1.62 bits per heavy atom. The number of aromatic nitrogens is 4. The van der Waals surface area contributed by atoms with Crippen LogP contribution >= 0.6 is 11.8 Å². The molecule has 0 radical (unpaired) electrons. The molecule has 0 aliphatic heterocycles. The predicted octanol–water partition coefficient (Wildman–Crippen LogP) is 5.60. The van der Waals surface area contributed by atoms with Crippen LogP contribution in [0, 0.1) is 0 Å². The normalized spacial score (nSPS) is 12.2. The first-order valence-electron chi connectivity index (χ1n) is 10.4. The Balaban J connectivity index is 1.48. The summed E-state index contributed by atoms with van der Waals surface area (Å²) in [5.41, 5.74) is 3.76. The van der Waals surface area contributed by atoms with E-state index in [2.05, 4.69) is 27.3 Å². The highest BCUT2D eigenvalue weighted by Gasteiger charge is 2.27. The van der Waals surface area contributed by atoms with Gasteiger partial charge in [-0.2, -0.15) is 0 Å². The molecule has 0 amide bonds. The summed E-state index contributed by atoms with van der Waals surface area (Å²) in [7, 11) is 1.96. The van der Waals surface area contributed by atoms with Gasteiger partial charge in [-0.05, 0) is 17.2 Å². The number of para-hydroxylation sites is 1. The maximum absolute atomic E-state index is 13.7. The van der Waals surface area contributed by atoms with E-state index in [-0.39, 0.29) is 5.78 Å². The Kier molecular flexibility index (Phi) is 5.60. The molecule has 1 atom stereocenters. The summed E-state index contributed by atoms with van der Waals surface area (Å²) in [6.07, 6.45) is 2.50. The molecule has 0 saturated carbocycles. The topological polar surface area (TPSA) is 63.6 Å². The maximum Gasteiger partial charge on any atom is 0.192 e. The zero-order chi connectivity index (χ0) is 21.9. The van der Waals surface area contributed by atoms with Crippen LogP contribution in [0.2, 0.25) is 0 Å². The highest BCUT2D eigenvalue weighted by molar-refractivity contribution is 8.00. The number of nitrogens with one attached hydrogen (secondary N) is 1. The molecular formula is C26H22N4OS. The fourth-order valence-electron chi connectivity index (χ4n) is 3.80. The molecule has 3 aromatic carbocycles. The number of H-pyrrole nitrogens is 1. The molecule has 0 fully saturated rings. The Hall–Kier alpha value is -3.64. The quantitative estimate of drug-likeness (QED) is 0.265. The molecule has 5 aromatic rings. The van der Waals surface area contributed by atoms with Crippen LogP contribution in [0.1, 0.15) is 32.6 Å². The molecule has 6 heteroatoms. The van der Waals surface area contributed by atoms with Gasteiger partial charge in [0.15, 0.2) is 10.9 Å². The van der Waals surface area contributed by atoms with E-state index in [0.29, 0.717) is 12.0 Å². The number of rotatable bonds is 7. The van der Waals surface area contributed by atoms with Crippen molar-refractivity contribution in [3.63, 3.8) is 0 Å². The number of aromatic amines is 1. The van der Waals surface area contributed by atoms with E-state index in [9.17, 15) is 4.79 Å². The highest BCUT2D eigenvalue weighted by atomic mass is 32.2. The van der Waals surface area contributed by atoms with Crippen LogP contribution in [0.4, 0.5) is 0 Å². The zero-order valence-electron chi connectivity index (χ0n) is 17.6. The van der Waals surface area contributed by atoms with Gasteiger partial charge in [-0.3, -0.25) is 4.79 Å². The number of nitrogens with zero attached hydrogens (tertiary/aromatic N) is 3. The van der Waals surface area contributed by atoms with E-state index in [1.165, 1.54) is 17.3 Å². The smallest absolute Gasteiger partial charge is 0.192 e. The van der Waals surface area contributed by atoms with Crippen LogP contribution in [0.5, 0.6) is 0 Å². The van der Waals surface area contributed by atoms with Gasteiger partial charge in [0, 0.05) is 36.1 Å². The summed E-state index contributed by atoms with van der Waals surface area (Å²) in [5, 5.41) is 10.0. The molecule has 5 rings (SSSR count). The van der Waals surface area contributed by atoms with Crippen molar-refractivity contribution in [2.24, 2.45) is 7.05 Å². The Morgan fingerprint density at radius 1 is 0.938 bits per heavy atom. The second-order valence-electron chi connectivity index (χ2n) is 7.64. The van der Waals surface area contributed by atoms with Crippen molar-refractivity contribution >= 4 is 28.4 Å². The van der Waals surface area contributed by atoms with E-state index in [0.717, 1.165) is 27.4 Å². The first-order valence-corrected chi connectivity index (χ1v) is 11.3. The lowest BCUT2D eigenvalue weighted by molar-refractivity contribution is 0.0991. The molecule has 32 heavy (non-hydrogen) atoms. The predicted molar refractivity (Wildman–Crippen MR) is 128 cm³/mol. The number of Topliss-reactive ketones (excluding diaryl/α,β-unsaturated/α-hetero) is 1. The third kappa shape index (κ3) is 3.97. The first kappa shape index (κ1) is 20.3. The highest BCUT2D eigenvalue weighted by Crippen LogP contribution is 2.38. The van der Waals surface area contributed by atoms with Gasteiger partial charge in [0.2, 0.25) is 0 Å². The van der Waals surface area contributed by atoms with Crippen molar-refractivity contribution in [2.45, 2.75) is 16.8 Å². The van der Waals surface area contributed by atoms with Gasteiger partial charge in [-0.25, -0.2) is 0 Å². The average Bonchev–Trinajstić information content (AvgIpc) is 3.42. The van der Waals surface area contributed by atoms with Gasteiger partial charge in [-0.1, -0.05) is 90.6 Å². The van der Waals surface area contributed by atoms with Crippen molar-refractivity contribution in [3.8, 4) is 0 Å². The first-order chi connectivity index (χ1) is 15.7. The molecule has 2 aromatic heterocycles. The van der Waals surface area contributed by atoms with Crippen LogP contribution in [-0.2, 0) is 13.5 Å². The molecule has 0 bridgehead atoms. The summed E-state index contributed by atoms with van der Waals surface area (Å²) < 4.78 is 1.98. The third-order valence-electron chi connectivity index (χ3n) is 5.55. The molecule has 158 valence electrons. The summed E-state index contributed by atoms with van der Waals surface area (Å²) >= 11 is 1.44. The molecule has 2 heterocycles. The Bertz CT molecular complexity index is 1360. The lowest BCUT2D eigenvalue weighted by Crippen LogP contribution is -2.11. The minimum absolute atomic E-state index is 0.0475. The number of thioether (sulfide) groups is 1. The van der Waals surface area contributed by atoms with Crippen molar-refractivity contribution in [1.29, 1.82) is 0 Å². The molecule has 5 nitrogen and oxygen atoms in total. The fraction of sp³-hybridized carbons (Fsp3) is 0.115. The molecule has 0 saturated heterocycles. The Morgan fingerprint density at radius 3 is 2.41 bits per heavy atom. The number of hydrogen-bond donors (Lipinski definition) is 1. The Labute approximate surface area is 190 Å². The van der Waals surface area contributed by atoms with E-state index >= 15 is 0 Å².